The summed E-state index contributed by atoms with van der Waals surface area (Å²) in [5.74, 6) is 1.64. The van der Waals surface area contributed by atoms with Crippen molar-refractivity contribution in [3.05, 3.63) is 29.3 Å². The second-order valence-electron chi connectivity index (χ2n) is 9.21. The van der Waals surface area contributed by atoms with E-state index in [-0.39, 0.29) is 23.5 Å². The molecule has 150 valence electrons. The Hall–Kier alpha value is -1.88. The van der Waals surface area contributed by atoms with Crippen molar-refractivity contribution in [1.82, 2.24) is 10.2 Å². The van der Waals surface area contributed by atoms with Crippen LogP contribution in [0, 0.1) is 24.7 Å². The molecule has 3 fully saturated rings. The topological polar surface area (TPSA) is 58.6 Å². The number of carbonyl (C=O) groups excluding carboxylic acids is 2. The van der Waals surface area contributed by atoms with Gasteiger partial charge in [-0.2, -0.15) is 0 Å². The summed E-state index contributed by atoms with van der Waals surface area (Å²) in [7, 11) is 0. The van der Waals surface area contributed by atoms with Crippen LogP contribution in [0.4, 0.5) is 0 Å². The van der Waals surface area contributed by atoms with Crippen molar-refractivity contribution in [1.29, 1.82) is 0 Å². The van der Waals surface area contributed by atoms with Gasteiger partial charge in [0.2, 0.25) is 5.91 Å². The number of nitrogens with zero attached hydrogens (tertiary/aromatic N) is 1. The highest BCUT2D eigenvalue weighted by Crippen LogP contribution is 2.65. The van der Waals surface area contributed by atoms with Crippen LogP contribution in [0.25, 0.3) is 0 Å². The Morgan fingerprint density at radius 2 is 2.11 bits per heavy atom. The minimum Gasteiger partial charge on any atom is -0.486 e. The molecule has 5 nitrogen and oxygen atoms in total. The van der Waals surface area contributed by atoms with E-state index in [1.807, 2.05) is 25.1 Å². The van der Waals surface area contributed by atoms with Gasteiger partial charge >= 0.3 is 0 Å². The molecule has 0 radical (unpaired) electrons. The van der Waals surface area contributed by atoms with Crippen LogP contribution in [0.2, 0.25) is 0 Å². The van der Waals surface area contributed by atoms with Gasteiger partial charge in [0.25, 0.3) is 0 Å². The molecule has 1 aromatic carbocycles. The predicted molar refractivity (Wildman–Crippen MR) is 106 cm³/mol. The number of ketones is 1. The van der Waals surface area contributed by atoms with E-state index >= 15 is 0 Å². The molecule has 2 heterocycles. The Bertz CT molecular complexity index is 801. The molecule has 0 bridgehead atoms. The van der Waals surface area contributed by atoms with Crippen LogP contribution in [0.15, 0.2) is 18.2 Å². The maximum atomic E-state index is 12.8. The number of piperidine rings is 1. The van der Waals surface area contributed by atoms with Gasteiger partial charge in [0.15, 0.2) is 5.78 Å². The van der Waals surface area contributed by atoms with Gasteiger partial charge in [-0.15, -0.1) is 0 Å². The molecule has 1 spiro atoms. The number of benzene rings is 1. The maximum Gasteiger partial charge on any atom is 0.223 e. The lowest BCUT2D eigenvalue weighted by molar-refractivity contribution is -0.124. The molecule has 1 aromatic rings. The maximum absolute atomic E-state index is 12.8. The molecule has 4 aliphatic rings. The molecular weight excluding hydrogens is 352 g/mol. The molecule has 1 amide bonds. The summed E-state index contributed by atoms with van der Waals surface area (Å²) >= 11 is 0. The SMILES string of the molecule is Cc1ccc2c(c1)C(=O)C[C@]1(CC[C@@H]3[C@H](C(=O)NCCN4CCCCC4)[C@H]31)O2. The van der Waals surface area contributed by atoms with E-state index in [4.69, 9.17) is 4.74 Å². The molecule has 0 aromatic heterocycles. The molecule has 2 aliphatic heterocycles. The van der Waals surface area contributed by atoms with Crippen molar-refractivity contribution in [2.24, 2.45) is 17.8 Å². The monoisotopic (exact) mass is 382 g/mol. The smallest absolute Gasteiger partial charge is 0.223 e. The Balaban J connectivity index is 1.22. The van der Waals surface area contributed by atoms with E-state index in [2.05, 4.69) is 10.2 Å². The first-order valence-corrected chi connectivity index (χ1v) is 10.9. The van der Waals surface area contributed by atoms with E-state index in [1.54, 1.807) is 0 Å². The first kappa shape index (κ1) is 18.2. The van der Waals surface area contributed by atoms with Gasteiger partial charge in [-0.3, -0.25) is 9.59 Å². The van der Waals surface area contributed by atoms with Crippen LogP contribution in [0.3, 0.4) is 0 Å². The van der Waals surface area contributed by atoms with E-state index in [0.717, 1.165) is 44.6 Å². The lowest BCUT2D eigenvalue weighted by atomic mass is 9.84. The summed E-state index contributed by atoms with van der Waals surface area (Å²) in [5.41, 5.74) is 1.32. The van der Waals surface area contributed by atoms with Crippen LogP contribution >= 0.6 is 0 Å². The van der Waals surface area contributed by atoms with Gasteiger partial charge in [0.1, 0.15) is 11.4 Å². The second kappa shape index (κ2) is 6.87. The third kappa shape index (κ3) is 3.04. The van der Waals surface area contributed by atoms with Crippen molar-refractivity contribution in [2.75, 3.05) is 26.2 Å². The Labute approximate surface area is 166 Å². The predicted octanol–water partition coefficient (Wildman–Crippen LogP) is 2.96. The normalized spacial score (nSPS) is 33.9. The standard InChI is InChI=1S/C23H30N2O3/c1-15-5-6-19-17(13-15)18(26)14-23(28-19)8-7-16-20(21(16)23)22(27)24-9-12-25-10-3-2-4-11-25/h5-6,13,16,20-21H,2-4,7-12,14H2,1H3,(H,24,27)/t16-,20+,21+,23+/m1/s1. The Morgan fingerprint density at radius 1 is 1.29 bits per heavy atom. The number of carbonyl (C=O) groups is 2. The average Bonchev–Trinajstić information content (AvgIpc) is 3.34. The van der Waals surface area contributed by atoms with Crippen molar-refractivity contribution in [3.8, 4) is 5.75 Å². The zero-order chi connectivity index (χ0) is 19.3. The second-order valence-corrected chi connectivity index (χ2v) is 9.21. The summed E-state index contributed by atoms with van der Waals surface area (Å²) in [6.07, 6.45) is 6.17. The third-order valence-electron chi connectivity index (χ3n) is 7.36. The summed E-state index contributed by atoms with van der Waals surface area (Å²) in [6, 6.07) is 5.84. The summed E-state index contributed by atoms with van der Waals surface area (Å²) < 4.78 is 6.43. The molecule has 4 atom stereocenters. The number of hydrogen-bond donors (Lipinski definition) is 1. The largest absolute Gasteiger partial charge is 0.486 e. The minimum absolute atomic E-state index is 0.0231. The van der Waals surface area contributed by atoms with Crippen LogP contribution in [0.5, 0.6) is 5.75 Å². The zero-order valence-corrected chi connectivity index (χ0v) is 16.7. The fourth-order valence-electron chi connectivity index (χ4n) is 5.92. The molecule has 2 aliphatic carbocycles. The van der Waals surface area contributed by atoms with E-state index in [9.17, 15) is 9.59 Å². The average molecular weight is 383 g/mol. The van der Waals surface area contributed by atoms with E-state index in [0.29, 0.717) is 23.7 Å². The van der Waals surface area contributed by atoms with Gasteiger partial charge in [0, 0.05) is 24.9 Å². The number of ether oxygens (including phenoxy) is 1. The number of hydrogen-bond acceptors (Lipinski definition) is 4. The van der Waals surface area contributed by atoms with Crippen LogP contribution in [-0.2, 0) is 4.79 Å². The fraction of sp³-hybridized carbons (Fsp3) is 0.652. The van der Waals surface area contributed by atoms with Crippen LogP contribution in [0.1, 0.15) is 54.4 Å². The molecular formula is C23H30N2O3. The minimum atomic E-state index is -0.459. The number of amides is 1. The molecule has 0 unspecified atom stereocenters. The summed E-state index contributed by atoms with van der Waals surface area (Å²) in [6.45, 7) is 5.98. The van der Waals surface area contributed by atoms with Crippen molar-refractivity contribution in [2.45, 2.75) is 51.0 Å². The fourth-order valence-corrected chi connectivity index (χ4v) is 5.92. The highest BCUT2D eigenvalue weighted by Gasteiger charge is 2.70. The van der Waals surface area contributed by atoms with E-state index in [1.165, 1.54) is 19.3 Å². The number of rotatable bonds is 4. The molecule has 1 saturated heterocycles. The molecule has 28 heavy (non-hydrogen) atoms. The molecule has 2 saturated carbocycles. The molecule has 5 heteroatoms. The lowest BCUT2D eigenvalue weighted by Crippen LogP contribution is -2.45. The number of likely N-dealkylation sites (tertiary alicyclic amines) is 1. The molecule has 5 rings (SSSR count). The third-order valence-corrected chi connectivity index (χ3v) is 7.36. The number of aryl methyl sites for hydroxylation is 1. The lowest BCUT2D eigenvalue weighted by Gasteiger charge is -2.37. The Kier molecular flexibility index (Phi) is 4.46. The summed E-state index contributed by atoms with van der Waals surface area (Å²) in [5, 5.41) is 3.16. The van der Waals surface area contributed by atoms with Gasteiger partial charge in [-0.05, 0) is 63.7 Å². The van der Waals surface area contributed by atoms with E-state index < -0.39 is 5.60 Å². The highest BCUT2D eigenvalue weighted by molar-refractivity contribution is 6.01. The highest BCUT2D eigenvalue weighted by atomic mass is 16.5. The first-order chi connectivity index (χ1) is 13.6. The quantitative estimate of drug-likeness (QED) is 0.870. The number of fused-ring (bicyclic) bond motifs is 3. The van der Waals surface area contributed by atoms with Crippen LogP contribution < -0.4 is 10.1 Å². The zero-order valence-electron chi connectivity index (χ0n) is 16.7. The van der Waals surface area contributed by atoms with Gasteiger partial charge < -0.3 is 15.0 Å². The first-order valence-electron chi connectivity index (χ1n) is 10.9. The summed E-state index contributed by atoms with van der Waals surface area (Å²) in [4.78, 5) is 28.0. The van der Waals surface area contributed by atoms with Crippen molar-refractivity contribution < 1.29 is 14.3 Å². The molecule has 1 N–H and O–H groups in total. The van der Waals surface area contributed by atoms with Gasteiger partial charge in [-0.25, -0.2) is 0 Å². The van der Waals surface area contributed by atoms with Crippen molar-refractivity contribution >= 4 is 11.7 Å². The van der Waals surface area contributed by atoms with Gasteiger partial charge in [0.05, 0.1) is 12.0 Å². The number of Topliss-reactive ketones (excluding diaryl/α,β-unsaturated/α-hetero) is 1. The van der Waals surface area contributed by atoms with Crippen molar-refractivity contribution in [3.63, 3.8) is 0 Å². The van der Waals surface area contributed by atoms with Crippen LogP contribution in [-0.4, -0.2) is 48.4 Å². The Morgan fingerprint density at radius 3 is 2.93 bits per heavy atom. The number of nitrogens with one attached hydrogen (secondary N) is 1. The van der Waals surface area contributed by atoms with Gasteiger partial charge in [-0.1, -0.05) is 18.1 Å².